The summed E-state index contributed by atoms with van der Waals surface area (Å²) in [6.45, 7) is 6.02. The molecular formula is C27H27BrN4O2. The Morgan fingerprint density at radius 1 is 0.882 bits per heavy atom. The molecule has 0 bridgehead atoms. The molecule has 174 valence electrons. The highest BCUT2D eigenvalue weighted by molar-refractivity contribution is 9.10. The second-order valence-corrected chi connectivity index (χ2v) is 8.31. The molecule has 0 spiro atoms. The molecule has 6 nitrogen and oxygen atoms in total. The molecule has 7 heteroatoms. The summed E-state index contributed by atoms with van der Waals surface area (Å²) in [5, 5.41) is 6.75. The molecular weight excluding hydrogens is 492 g/mol. The first kappa shape index (κ1) is 24.9. The molecule has 0 aliphatic heterocycles. The van der Waals surface area contributed by atoms with Crippen LogP contribution < -0.4 is 15.6 Å². The van der Waals surface area contributed by atoms with Crippen LogP contribution in [-0.4, -0.2) is 31.1 Å². The van der Waals surface area contributed by atoms with Gasteiger partial charge in [0.1, 0.15) is 5.70 Å². The summed E-state index contributed by atoms with van der Waals surface area (Å²) < 4.78 is 0.953. The van der Waals surface area contributed by atoms with Gasteiger partial charge in [0.25, 0.3) is 11.8 Å². The molecule has 2 amide bonds. The summed E-state index contributed by atoms with van der Waals surface area (Å²) >= 11 is 3.39. The third-order valence-electron chi connectivity index (χ3n) is 5.11. The number of carbonyl (C=O) groups excluding carboxylic acids is 2. The van der Waals surface area contributed by atoms with Gasteiger partial charge in [0.2, 0.25) is 0 Å². The summed E-state index contributed by atoms with van der Waals surface area (Å²) in [6.07, 6.45) is 3.18. The number of rotatable bonds is 9. The lowest BCUT2D eigenvalue weighted by atomic mass is 10.1. The largest absolute Gasteiger partial charge is 0.372 e. The lowest BCUT2D eigenvalue weighted by Gasteiger charge is -2.20. The molecule has 3 rings (SSSR count). The van der Waals surface area contributed by atoms with E-state index in [1.807, 2.05) is 54.6 Å². The number of hydrazone groups is 1. The summed E-state index contributed by atoms with van der Waals surface area (Å²) in [5.74, 6) is -0.899. The van der Waals surface area contributed by atoms with Crippen LogP contribution in [-0.2, 0) is 4.79 Å². The Hall–Kier alpha value is -3.71. The van der Waals surface area contributed by atoms with Gasteiger partial charge in [0, 0.05) is 28.8 Å². The highest BCUT2D eigenvalue weighted by Crippen LogP contribution is 2.17. The van der Waals surface area contributed by atoms with E-state index in [1.165, 1.54) is 0 Å². The molecule has 0 atom stereocenters. The molecule has 0 aliphatic carbocycles. The van der Waals surface area contributed by atoms with Gasteiger partial charge >= 0.3 is 0 Å². The van der Waals surface area contributed by atoms with Crippen LogP contribution in [0.3, 0.4) is 0 Å². The zero-order valence-corrected chi connectivity index (χ0v) is 20.7. The zero-order chi connectivity index (χ0) is 24.3. The molecule has 0 unspecified atom stereocenters. The van der Waals surface area contributed by atoms with Gasteiger partial charge in [-0.15, -0.1) is 0 Å². The monoisotopic (exact) mass is 518 g/mol. The van der Waals surface area contributed by atoms with Crippen LogP contribution in [0, 0.1) is 0 Å². The maximum absolute atomic E-state index is 12.9. The van der Waals surface area contributed by atoms with Crippen LogP contribution >= 0.6 is 15.9 Å². The summed E-state index contributed by atoms with van der Waals surface area (Å²) in [4.78, 5) is 27.9. The summed E-state index contributed by atoms with van der Waals surface area (Å²) in [7, 11) is 0. The van der Waals surface area contributed by atoms with Crippen molar-refractivity contribution >= 4 is 45.7 Å². The molecule has 0 fully saturated rings. The van der Waals surface area contributed by atoms with Crippen LogP contribution in [0.15, 0.2) is 94.1 Å². The Morgan fingerprint density at radius 2 is 1.50 bits per heavy atom. The van der Waals surface area contributed by atoms with Crippen molar-refractivity contribution in [1.29, 1.82) is 0 Å². The molecule has 0 saturated heterocycles. The fourth-order valence-electron chi connectivity index (χ4n) is 3.25. The van der Waals surface area contributed by atoms with Crippen molar-refractivity contribution < 1.29 is 9.59 Å². The Morgan fingerprint density at radius 3 is 2.12 bits per heavy atom. The van der Waals surface area contributed by atoms with E-state index in [9.17, 15) is 9.59 Å². The lowest BCUT2D eigenvalue weighted by Crippen LogP contribution is -2.32. The third-order valence-corrected chi connectivity index (χ3v) is 5.64. The van der Waals surface area contributed by atoms with Gasteiger partial charge in [-0.3, -0.25) is 9.59 Å². The summed E-state index contributed by atoms with van der Waals surface area (Å²) in [6, 6.07) is 24.1. The number of halogens is 1. The fourth-order valence-corrected chi connectivity index (χ4v) is 3.52. The van der Waals surface area contributed by atoms with E-state index in [0.29, 0.717) is 5.56 Å². The average Bonchev–Trinajstić information content (AvgIpc) is 2.87. The first-order valence-electron chi connectivity index (χ1n) is 11.0. The standard InChI is InChI=1S/C27H27BrN4O2/c1-3-32(4-2)24-16-12-20(13-17-24)18-25(30-26(33)22-8-6-5-7-9-22)27(34)31-29-19-21-10-14-23(28)15-11-21/h5-19H,3-4H2,1-2H3,(H,30,33)(H,31,34)/b25-18+,29-19+. The van der Waals surface area contributed by atoms with Crippen molar-refractivity contribution in [2.24, 2.45) is 5.10 Å². The van der Waals surface area contributed by atoms with Gasteiger partial charge < -0.3 is 10.2 Å². The van der Waals surface area contributed by atoms with Crippen molar-refractivity contribution in [2.45, 2.75) is 13.8 Å². The Balaban J connectivity index is 1.81. The lowest BCUT2D eigenvalue weighted by molar-refractivity contribution is -0.117. The van der Waals surface area contributed by atoms with Crippen molar-refractivity contribution in [2.75, 3.05) is 18.0 Å². The van der Waals surface area contributed by atoms with Crippen molar-refractivity contribution in [3.63, 3.8) is 0 Å². The normalized spacial score (nSPS) is 11.3. The highest BCUT2D eigenvalue weighted by Gasteiger charge is 2.14. The SMILES string of the molecule is CCN(CC)c1ccc(/C=C(/NC(=O)c2ccccc2)C(=O)N/N=C/c2ccc(Br)cc2)cc1. The predicted octanol–water partition coefficient (Wildman–Crippen LogP) is 5.22. The van der Waals surface area contributed by atoms with E-state index >= 15 is 0 Å². The van der Waals surface area contributed by atoms with E-state index in [2.05, 4.69) is 50.5 Å². The van der Waals surface area contributed by atoms with Crippen LogP contribution in [0.2, 0.25) is 0 Å². The molecule has 2 N–H and O–H groups in total. The quantitative estimate of drug-likeness (QED) is 0.232. The topological polar surface area (TPSA) is 73.8 Å². The van der Waals surface area contributed by atoms with Gasteiger partial charge in [0.05, 0.1) is 6.21 Å². The van der Waals surface area contributed by atoms with E-state index in [-0.39, 0.29) is 11.6 Å². The molecule has 0 heterocycles. The van der Waals surface area contributed by atoms with E-state index in [1.54, 1.807) is 36.6 Å². The fraction of sp³-hybridized carbons (Fsp3) is 0.148. The minimum atomic E-state index is -0.523. The maximum atomic E-state index is 12.9. The van der Waals surface area contributed by atoms with Gasteiger partial charge in [-0.25, -0.2) is 5.43 Å². The molecule has 3 aromatic rings. The third kappa shape index (κ3) is 7.15. The number of carbonyl (C=O) groups is 2. The van der Waals surface area contributed by atoms with Crippen LogP contribution in [0.4, 0.5) is 5.69 Å². The van der Waals surface area contributed by atoms with E-state index in [0.717, 1.165) is 34.4 Å². The van der Waals surface area contributed by atoms with E-state index in [4.69, 9.17) is 0 Å². The van der Waals surface area contributed by atoms with Gasteiger partial charge in [-0.2, -0.15) is 5.10 Å². The molecule has 0 aromatic heterocycles. The zero-order valence-electron chi connectivity index (χ0n) is 19.2. The molecule has 0 aliphatic rings. The number of hydrogen-bond donors (Lipinski definition) is 2. The van der Waals surface area contributed by atoms with Crippen LogP contribution in [0.5, 0.6) is 0 Å². The highest BCUT2D eigenvalue weighted by atomic mass is 79.9. The first-order chi connectivity index (χ1) is 16.5. The molecule has 0 radical (unpaired) electrons. The van der Waals surface area contributed by atoms with Gasteiger partial charge in [-0.05, 0) is 67.4 Å². The smallest absolute Gasteiger partial charge is 0.287 e. The number of hydrogen-bond acceptors (Lipinski definition) is 4. The number of benzene rings is 3. The number of amides is 2. The van der Waals surface area contributed by atoms with Gasteiger partial charge in [-0.1, -0.05) is 58.4 Å². The number of nitrogens with zero attached hydrogens (tertiary/aromatic N) is 2. The van der Waals surface area contributed by atoms with Gasteiger partial charge in [0.15, 0.2) is 0 Å². The minimum Gasteiger partial charge on any atom is -0.372 e. The predicted molar refractivity (Wildman–Crippen MR) is 142 cm³/mol. The second kappa shape index (κ2) is 12.5. The Kier molecular flexibility index (Phi) is 9.17. The first-order valence-corrected chi connectivity index (χ1v) is 11.8. The van der Waals surface area contributed by atoms with Crippen molar-refractivity contribution in [3.8, 4) is 0 Å². The van der Waals surface area contributed by atoms with Crippen molar-refractivity contribution in [1.82, 2.24) is 10.7 Å². The van der Waals surface area contributed by atoms with Crippen molar-refractivity contribution in [3.05, 3.63) is 106 Å². The minimum absolute atomic E-state index is 0.0948. The Bertz CT molecular complexity index is 1150. The molecule has 34 heavy (non-hydrogen) atoms. The maximum Gasteiger partial charge on any atom is 0.287 e. The summed E-state index contributed by atoms with van der Waals surface area (Å²) in [5.41, 5.74) is 5.76. The number of anilines is 1. The molecule has 0 saturated carbocycles. The Labute approximate surface area is 208 Å². The average molecular weight is 519 g/mol. The van der Waals surface area contributed by atoms with Crippen LogP contribution in [0.1, 0.15) is 35.3 Å². The second-order valence-electron chi connectivity index (χ2n) is 7.39. The van der Waals surface area contributed by atoms with Crippen LogP contribution in [0.25, 0.3) is 6.08 Å². The number of nitrogens with one attached hydrogen (secondary N) is 2. The van der Waals surface area contributed by atoms with E-state index < -0.39 is 5.91 Å². The molecule has 3 aromatic carbocycles.